The molecule has 0 aliphatic carbocycles. The van der Waals surface area contributed by atoms with Gasteiger partial charge in [0.05, 0.1) is 11.4 Å². The van der Waals surface area contributed by atoms with E-state index >= 15 is 0 Å². The molecular formula is C22H36N4O3S. The van der Waals surface area contributed by atoms with Crippen LogP contribution in [-0.4, -0.2) is 86.8 Å². The Morgan fingerprint density at radius 3 is 2.57 bits per heavy atom. The topological polar surface area (TPSA) is 73.0 Å². The molecule has 2 saturated heterocycles. The van der Waals surface area contributed by atoms with Gasteiger partial charge in [-0.3, -0.25) is 9.69 Å². The Kier molecular flexibility index (Phi) is 7.90. The molecule has 0 spiro atoms. The van der Waals surface area contributed by atoms with Gasteiger partial charge in [-0.25, -0.2) is 8.42 Å². The monoisotopic (exact) mass is 436 g/mol. The van der Waals surface area contributed by atoms with Crippen LogP contribution in [0.3, 0.4) is 0 Å². The molecule has 0 aromatic heterocycles. The highest BCUT2D eigenvalue weighted by molar-refractivity contribution is 7.89. The number of carbonyl (C=O) groups is 1. The summed E-state index contributed by atoms with van der Waals surface area (Å²) in [5.74, 6) is -0.114. The Hall–Kier alpha value is -1.48. The third kappa shape index (κ3) is 5.60. The fraction of sp³-hybridized carbons (Fsp3) is 0.682. The molecule has 3 rings (SSSR count). The quantitative estimate of drug-likeness (QED) is 0.703. The van der Waals surface area contributed by atoms with Crippen LogP contribution in [-0.2, 0) is 14.8 Å². The smallest absolute Gasteiger partial charge is 0.243 e. The highest BCUT2D eigenvalue weighted by Gasteiger charge is 2.31. The largest absolute Gasteiger partial charge is 0.339 e. The number of sulfonamides is 1. The molecule has 0 bridgehead atoms. The maximum atomic E-state index is 13.6. The highest BCUT2D eigenvalue weighted by atomic mass is 32.2. The van der Waals surface area contributed by atoms with Crippen LogP contribution in [0.25, 0.3) is 0 Å². The van der Waals surface area contributed by atoms with Gasteiger partial charge in [0, 0.05) is 45.3 Å². The first kappa shape index (κ1) is 23.2. The second-order valence-corrected chi connectivity index (χ2v) is 10.5. The van der Waals surface area contributed by atoms with Crippen molar-refractivity contribution in [3.63, 3.8) is 0 Å². The predicted octanol–water partition coefficient (Wildman–Crippen LogP) is 1.60. The average molecular weight is 437 g/mol. The summed E-state index contributed by atoms with van der Waals surface area (Å²) in [7, 11) is -3.76. The molecule has 0 radical (unpaired) electrons. The first-order valence-corrected chi connectivity index (χ1v) is 12.5. The number of hydrogen-bond acceptors (Lipinski definition) is 5. The number of piperidine rings is 1. The van der Waals surface area contributed by atoms with E-state index in [-0.39, 0.29) is 12.5 Å². The van der Waals surface area contributed by atoms with Crippen LogP contribution in [0.4, 0.5) is 0 Å². The summed E-state index contributed by atoms with van der Waals surface area (Å²) in [6.45, 7) is 10.6. The number of carbonyl (C=O) groups excluding carboxylic acids is 1. The van der Waals surface area contributed by atoms with Gasteiger partial charge in [0.25, 0.3) is 0 Å². The van der Waals surface area contributed by atoms with Crippen LogP contribution in [0.15, 0.2) is 23.1 Å². The van der Waals surface area contributed by atoms with Gasteiger partial charge in [-0.2, -0.15) is 4.31 Å². The SMILES string of the molecule is Cc1ccc(S(=O)(=O)N(CCN2CCCCC2C)CC(=O)N2CCNCC2)c(C)c1. The van der Waals surface area contributed by atoms with Gasteiger partial charge in [-0.05, 0) is 51.8 Å². The molecule has 1 N–H and O–H groups in total. The Morgan fingerprint density at radius 1 is 1.17 bits per heavy atom. The first-order valence-electron chi connectivity index (χ1n) is 11.1. The minimum Gasteiger partial charge on any atom is -0.339 e. The fourth-order valence-electron chi connectivity index (χ4n) is 4.41. The lowest BCUT2D eigenvalue weighted by molar-refractivity contribution is -0.132. The zero-order valence-corrected chi connectivity index (χ0v) is 19.4. The van der Waals surface area contributed by atoms with Crippen LogP contribution in [0.2, 0.25) is 0 Å². The molecule has 1 aromatic carbocycles. The molecule has 7 nitrogen and oxygen atoms in total. The number of nitrogens with one attached hydrogen (secondary N) is 1. The lowest BCUT2D eigenvalue weighted by Gasteiger charge is -2.35. The van der Waals surface area contributed by atoms with Crippen LogP contribution >= 0.6 is 0 Å². The summed E-state index contributed by atoms with van der Waals surface area (Å²) < 4.78 is 28.5. The van der Waals surface area contributed by atoms with E-state index in [1.54, 1.807) is 11.0 Å². The van der Waals surface area contributed by atoms with Crippen molar-refractivity contribution in [1.29, 1.82) is 0 Å². The van der Waals surface area contributed by atoms with Gasteiger partial charge >= 0.3 is 0 Å². The molecule has 1 aromatic rings. The van der Waals surface area contributed by atoms with Crippen molar-refractivity contribution in [1.82, 2.24) is 19.4 Å². The van der Waals surface area contributed by atoms with Crippen molar-refractivity contribution in [3.05, 3.63) is 29.3 Å². The summed E-state index contributed by atoms with van der Waals surface area (Å²) >= 11 is 0. The minimum absolute atomic E-state index is 0.0993. The summed E-state index contributed by atoms with van der Waals surface area (Å²) in [5, 5.41) is 3.23. The molecule has 8 heteroatoms. The van der Waals surface area contributed by atoms with Gasteiger partial charge in [0.15, 0.2) is 0 Å². The number of hydrogen-bond donors (Lipinski definition) is 1. The Labute approximate surface area is 181 Å². The van der Waals surface area contributed by atoms with Gasteiger partial charge in [0.2, 0.25) is 15.9 Å². The average Bonchev–Trinajstić information content (AvgIpc) is 2.72. The minimum atomic E-state index is -3.76. The standard InChI is InChI=1S/C22H36N4O3S/c1-18-7-8-21(19(2)16-18)30(28,29)26(15-14-24-11-5-4-6-20(24)3)17-22(27)25-12-9-23-10-13-25/h7-8,16,20,23H,4-6,9-15,17H2,1-3H3. The molecule has 2 aliphatic rings. The van der Waals surface area contributed by atoms with Crippen LogP contribution in [0.1, 0.15) is 37.3 Å². The number of aryl methyl sites for hydroxylation is 2. The molecule has 0 saturated carbocycles. The van der Waals surface area contributed by atoms with Crippen LogP contribution < -0.4 is 5.32 Å². The van der Waals surface area contributed by atoms with E-state index in [4.69, 9.17) is 0 Å². The van der Waals surface area contributed by atoms with Crippen molar-refractivity contribution in [2.45, 2.75) is 51.0 Å². The lowest BCUT2D eigenvalue weighted by atomic mass is 10.0. The van der Waals surface area contributed by atoms with E-state index in [2.05, 4.69) is 17.1 Å². The van der Waals surface area contributed by atoms with Crippen LogP contribution in [0, 0.1) is 13.8 Å². The summed E-state index contributed by atoms with van der Waals surface area (Å²) in [4.78, 5) is 17.3. The van der Waals surface area contributed by atoms with E-state index in [0.717, 1.165) is 43.6 Å². The van der Waals surface area contributed by atoms with E-state index in [1.807, 2.05) is 26.0 Å². The lowest BCUT2D eigenvalue weighted by Crippen LogP contribution is -2.51. The zero-order valence-electron chi connectivity index (χ0n) is 18.6. The number of amides is 1. The molecule has 1 atom stereocenters. The number of likely N-dealkylation sites (tertiary alicyclic amines) is 1. The van der Waals surface area contributed by atoms with Gasteiger partial charge in [-0.1, -0.05) is 24.1 Å². The number of piperazine rings is 1. The van der Waals surface area contributed by atoms with Crippen LogP contribution in [0.5, 0.6) is 0 Å². The number of nitrogens with zero attached hydrogens (tertiary/aromatic N) is 3. The molecule has 1 amide bonds. The van der Waals surface area contributed by atoms with Crippen molar-refractivity contribution in [2.24, 2.45) is 0 Å². The Bertz CT molecular complexity index is 837. The molecule has 1 unspecified atom stereocenters. The molecule has 2 fully saturated rings. The van der Waals surface area contributed by atoms with E-state index in [0.29, 0.717) is 37.1 Å². The van der Waals surface area contributed by atoms with Gasteiger partial charge in [-0.15, -0.1) is 0 Å². The Morgan fingerprint density at radius 2 is 1.90 bits per heavy atom. The molecular weight excluding hydrogens is 400 g/mol. The van der Waals surface area contributed by atoms with Gasteiger partial charge in [0.1, 0.15) is 0 Å². The third-order valence-corrected chi connectivity index (χ3v) is 8.31. The highest BCUT2D eigenvalue weighted by Crippen LogP contribution is 2.22. The number of benzene rings is 1. The normalized spacial score (nSPS) is 21.2. The van der Waals surface area contributed by atoms with Crippen molar-refractivity contribution < 1.29 is 13.2 Å². The molecule has 2 heterocycles. The van der Waals surface area contributed by atoms with Crippen molar-refractivity contribution >= 4 is 15.9 Å². The second kappa shape index (κ2) is 10.2. The predicted molar refractivity (Wildman–Crippen MR) is 119 cm³/mol. The summed E-state index contributed by atoms with van der Waals surface area (Å²) in [6, 6.07) is 5.83. The molecule has 2 aliphatic heterocycles. The second-order valence-electron chi connectivity index (χ2n) is 8.62. The van der Waals surface area contributed by atoms with E-state index in [1.165, 1.54) is 10.7 Å². The third-order valence-electron chi connectivity index (χ3n) is 6.31. The maximum Gasteiger partial charge on any atom is 0.243 e. The Balaban J connectivity index is 1.80. The fourth-order valence-corrected chi connectivity index (χ4v) is 5.99. The molecule has 30 heavy (non-hydrogen) atoms. The van der Waals surface area contributed by atoms with E-state index in [9.17, 15) is 13.2 Å². The first-order chi connectivity index (χ1) is 14.3. The van der Waals surface area contributed by atoms with Crippen molar-refractivity contribution in [2.75, 3.05) is 52.4 Å². The summed E-state index contributed by atoms with van der Waals surface area (Å²) in [6.07, 6.45) is 3.51. The van der Waals surface area contributed by atoms with Gasteiger partial charge < -0.3 is 10.2 Å². The maximum absolute atomic E-state index is 13.6. The summed E-state index contributed by atoms with van der Waals surface area (Å²) in [5.41, 5.74) is 1.75. The van der Waals surface area contributed by atoms with E-state index < -0.39 is 10.0 Å². The zero-order chi connectivity index (χ0) is 21.7. The van der Waals surface area contributed by atoms with Crippen molar-refractivity contribution in [3.8, 4) is 0 Å². The molecule has 168 valence electrons. The number of rotatable bonds is 7.